The summed E-state index contributed by atoms with van der Waals surface area (Å²) in [5.74, 6) is 8.33. The first-order valence-corrected chi connectivity index (χ1v) is 18.8. The normalized spacial score (nSPS) is 36.7. The Hall–Kier alpha value is -0.440. The molecule has 2 aliphatic heterocycles. The first kappa shape index (κ1) is 26.5. The SMILES string of the molecule is O=C(Nc1cccc(NC(=O)C2CC3CCCC(C2)C32SCCS2)c1)C1CC2CCCC(C1)C21SCCS1. The van der Waals surface area contributed by atoms with Crippen molar-refractivity contribution in [3.8, 4) is 0 Å². The van der Waals surface area contributed by atoms with Crippen LogP contribution in [-0.4, -0.2) is 43.0 Å². The highest BCUT2D eigenvalue weighted by Crippen LogP contribution is 2.65. The summed E-state index contributed by atoms with van der Waals surface area (Å²) in [6.45, 7) is 0. The van der Waals surface area contributed by atoms with Crippen molar-refractivity contribution >= 4 is 70.2 Å². The zero-order chi connectivity index (χ0) is 25.7. The topological polar surface area (TPSA) is 58.2 Å². The molecule has 6 aliphatic rings. The van der Waals surface area contributed by atoms with Gasteiger partial charge in [0.15, 0.2) is 0 Å². The highest BCUT2D eigenvalue weighted by Gasteiger charge is 2.56. The quantitative estimate of drug-likeness (QED) is 0.378. The largest absolute Gasteiger partial charge is 0.326 e. The molecule has 8 heteroatoms. The molecule has 1 aromatic carbocycles. The molecular formula is C30H40N2O2S4. The Labute approximate surface area is 244 Å². The Morgan fingerprint density at radius 3 is 1.37 bits per heavy atom. The van der Waals surface area contributed by atoms with E-state index < -0.39 is 0 Å². The molecule has 4 nitrogen and oxygen atoms in total. The minimum Gasteiger partial charge on any atom is -0.326 e. The third kappa shape index (κ3) is 4.65. The number of benzene rings is 1. The maximum Gasteiger partial charge on any atom is 0.227 e. The second-order valence-corrected chi connectivity index (χ2v) is 18.4. The minimum atomic E-state index is 0.108. The Kier molecular flexibility index (Phi) is 7.49. The van der Waals surface area contributed by atoms with E-state index in [2.05, 4.69) is 57.7 Å². The third-order valence-electron chi connectivity index (χ3n) is 10.4. The molecule has 2 spiro atoms. The summed E-state index contributed by atoms with van der Waals surface area (Å²) >= 11 is 8.78. The summed E-state index contributed by atoms with van der Waals surface area (Å²) in [6.07, 6.45) is 11.9. The van der Waals surface area contributed by atoms with Crippen molar-refractivity contribution in [2.24, 2.45) is 35.5 Å². The van der Waals surface area contributed by atoms with Crippen LogP contribution in [0.2, 0.25) is 0 Å². The molecule has 0 aromatic heterocycles. The van der Waals surface area contributed by atoms with Crippen LogP contribution in [0.25, 0.3) is 0 Å². The second kappa shape index (κ2) is 10.8. The van der Waals surface area contributed by atoms with Crippen molar-refractivity contribution in [3.05, 3.63) is 24.3 Å². The van der Waals surface area contributed by atoms with Crippen LogP contribution in [0.5, 0.6) is 0 Å². The molecule has 2 N–H and O–H groups in total. The molecule has 4 saturated carbocycles. The van der Waals surface area contributed by atoms with Crippen molar-refractivity contribution in [1.29, 1.82) is 0 Å². The Bertz CT molecular complexity index is 959. The number of hydrogen-bond donors (Lipinski definition) is 2. The Morgan fingerprint density at radius 1 is 0.632 bits per heavy atom. The number of nitrogens with one attached hydrogen (secondary N) is 2. The van der Waals surface area contributed by atoms with Crippen LogP contribution >= 0.6 is 47.0 Å². The summed E-state index contributed by atoms with van der Waals surface area (Å²) < 4.78 is 0.789. The van der Waals surface area contributed by atoms with Gasteiger partial charge in [-0.25, -0.2) is 0 Å². The maximum atomic E-state index is 13.4. The second-order valence-electron chi connectivity index (χ2n) is 12.4. The fourth-order valence-corrected chi connectivity index (χ4v) is 16.7. The van der Waals surface area contributed by atoms with Crippen molar-refractivity contribution < 1.29 is 9.59 Å². The van der Waals surface area contributed by atoms with Crippen molar-refractivity contribution in [2.75, 3.05) is 33.6 Å². The minimum absolute atomic E-state index is 0.108. The zero-order valence-corrected chi connectivity index (χ0v) is 25.4. The predicted octanol–water partition coefficient (Wildman–Crippen LogP) is 7.57. The molecule has 2 saturated heterocycles. The third-order valence-corrected chi connectivity index (χ3v) is 18.4. The van der Waals surface area contributed by atoms with Gasteiger partial charge in [-0.2, -0.15) is 0 Å². The van der Waals surface area contributed by atoms with Crippen LogP contribution in [0.1, 0.15) is 64.2 Å². The van der Waals surface area contributed by atoms with Crippen LogP contribution in [0.3, 0.4) is 0 Å². The van der Waals surface area contributed by atoms with E-state index in [-0.39, 0.29) is 23.7 Å². The molecule has 7 rings (SSSR count). The number of carbonyl (C=O) groups is 2. The lowest BCUT2D eigenvalue weighted by molar-refractivity contribution is -0.123. The zero-order valence-electron chi connectivity index (χ0n) is 22.1. The molecule has 6 fully saturated rings. The van der Waals surface area contributed by atoms with Crippen molar-refractivity contribution in [2.45, 2.75) is 72.4 Å². The first-order valence-electron chi connectivity index (χ1n) is 14.8. The van der Waals surface area contributed by atoms with Crippen molar-refractivity contribution in [3.63, 3.8) is 0 Å². The molecule has 2 amide bonds. The lowest BCUT2D eigenvalue weighted by atomic mass is 9.67. The Morgan fingerprint density at radius 2 is 1.00 bits per heavy atom. The summed E-state index contributed by atoms with van der Waals surface area (Å²) in [5, 5.41) is 6.46. The summed E-state index contributed by atoms with van der Waals surface area (Å²) in [4.78, 5) is 26.8. The van der Waals surface area contributed by atoms with Crippen LogP contribution in [0, 0.1) is 35.5 Å². The monoisotopic (exact) mass is 588 g/mol. The van der Waals surface area contributed by atoms with E-state index in [0.717, 1.165) is 37.1 Å². The van der Waals surface area contributed by atoms with Gasteiger partial charge in [-0.1, -0.05) is 18.9 Å². The van der Waals surface area contributed by atoms with E-state index in [1.54, 1.807) is 0 Å². The van der Waals surface area contributed by atoms with Crippen LogP contribution in [-0.2, 0) is 9.59 Å². The molecule has 38 heavy (non-hydrogen) atoms. The van der Waals surface area contributed by atoms with E-state index in [1.165, 1.54) is 61.5 Å². The number of hydrogen-bond acceptors (Lipinski definition) is 6. The molecule has 0 radical (unpaired) electrons. The van der Waals surface area contributed by atoms with E-state index in [0.29, 0.717) is 31.8 Å². The van der Waals surface area contributed by atoms with E-state index in [1.807, 2.05) is 24.3 Å². The van der Waals surface area contributed by atoms with Gasteiger partial charge in [0.1, 0.15) is 0 Å². The Balaban J connectivity index is 0.980. The van der Waals surface area contributed by atoms with Gasteiger partial charge in [0.25, 0.3) is 0 Å². The van der Waals surface area contributed by atoms with Gasteiger partial charge in [-0.05, 0) is 93.2 Å². The molecule has 4 atom stereocenters. The number of amides is 2. The van der Waals surface area contributed by atoms with E-state index in [4.69, 9.17) is 0 Å². The summed E-state index contributed by atoms with van der Waals surface area (Å²) in [5.41, 5.74) is 1.61. The summed E-state index contributed by atoms with van der Waals surface area (Å²) in [6, 6.07) is 7.84. The fourth-order valence-electron chi connectivity index (χ4n) is 8.81. The molecular weight excluding hydrogens is 549 g/mol. The highest BCUT2D eigenvalue weighted by atomic mass is 32.2. The average Bonchev–Trinajstić information content (AvgIpc) is 3.55. The first-order chi connectivity index (χ1) is 18.6. The van der Waals surface area contributed by atoms with Gasteiger partial charge in [0.05, 0.1) is 8.16 Å². The molecule has 4 aliphatic carbocycles. The number of anilines is 2. The molecule has 2 heterocycles. The lowest BCUT2D eigenvalue weighted by Gasteiger charge is -2.52. The van der Waals surface area contributed by atoms with Crippen LogP contribution in [0.4, 0.5) is 11.4 Å². The van der Waals surface area contributed by atoms with Gasteiger partial charge >= 0.3 is 0 Å². The molecule has 1 aromatic rings. The average molecular weight is 589 g/mol. The van der Waals surface area contributed by atoms with Crippen LogP contribution < -0.4 is 10.6 Å². The maximum absolute atomic E-state index is 13.4. The smallest absolute Gasteiger partial charge is 0.227 e. The van der Waals surface area contributed by atoms with E-state index in [9.17, 15) is 9.59 Å². The number of thioether (sulfide) groups is 4. The summed E-state index contributed by atoms with van der Waals surface area (Å²) in [7, 11) is 0. The standard InChI is InChI=1S/C30H40N2O2S4/c33-27(19-14-21-4-1-5-22(15-19)29(21)35-10-11-36-29)31-25-8-3-9-26(18-25)32-28(34)20-16-23-6-2-7-24(17-20)30(23)37-12-13-38-30/h3,8-9,18-24H,1-2,4-7,10-17H2,(H,31,33)(H,32,34). The number of rotatable bonds is 4. The van der Waals surface area contributed by atoms with Gasteiger partial charge < -0.3 is 10.6 Å². The van der Waals surface area contributed by atoms with Gasteiger partial charge in [0, 0.05) is 46.2 Å². The predicted molar refractivity (Wildman–Crippen MR) is 166 cm³/mol. The van der Waals surface area contributed by atoms with E-state index >= 15 is 0 Å². The van der Waals surface area contributed by atoms with Gasteiger partial charge in [0.2, 0.25) is 11.8 Å². The van der Waals surface area contributed by atoms with Gasteiger partial charge in [-0.15, -0.1) is 47.0 Å². The van der Waals surface area contributed by atoms with Gasteiger partial charge in [-0.3, -0.25) is 9.59 Å². The van der Waals surface area contributed by atoms with Crippen LogP contribution in [0.15, 0.2) is 24.3 Å². The number of carbonyl (C=O) groups excluding carboxylic acids is 2. The molecule has 4 bridgehead atoms. The molecule has 206 valence electrons. The van der Waals surface area contributed by atoms with Crippen molar-refractivity contribution in [1.82, 2.24) is 0 Å². The fraction of sp³-hybridized carbons (Fsp3) is 0.733. The lowest BCUT2D eigenvalue weighted by Crippen LogP contribution is -2.48. The highest BCUT2D eigenvalue weighted by molar-refractivity contribution is 8.21. The molecule has 4 unspecified atom stereocenters.